The Labute approximate surface area is 145 Å². The topological polar surface area (TPSA) is 45.3 Å². The fraction of sp³-hybridized carbons (Fsp3) is 0.471. The van der Waals surface area contributed by atoms with Gasteiger partial charge in [-0.3, -0.25) is 4.90 Å². The van der Waals surface area contributed by atoms with Gasteiger partial charge in [0.05, 0.1) is 16.1 Å². The van der Waals surface area contributed by atoms with Gasteiger partial charge >= 0.3 is 6.09 Å². The quantitative estimate of drug-likeness (QED) is 0.694. The molecule has 0 radical (unpaired) electrons. The highest BCUT2D eigenvalue weighted by molar-refractivity contribution is 6.42. The Bertz CT molecular complexity index is 777. The number of nitrogens with zero attached hydrogens (tertiary/aromatic N) is 1. The third-order valence-electron chi connectivity index (χ3n) is 4.10. The first-order valence-corrected chi connectivity index (χ1v) is 8.42. The first-order chi connectivity index (χ1) is 10.7. The van der Waals surface area contributed by atoms with E-state index >= 15 is 0 Å². The molecule has 1 aliphatic rings. The Morgan fingerprint density at radius 1 is 1.30 bits per heavy atom. The first kappa shape index (κ1) is 16.5. The number of amides is 1. The summed E-state index contributed by atoms with van der Waals surface area (Å²) in [5.74, 6) is 0. The van der Waals surface area contributed by atoms with Crippen LogP contribution in [0.4, 0.5) is 4.79 Å². The SMILES string of the molecule is CC1c2[nH]c3cc(Cl)c(Cl)cc3c2CCN1C(=O)OC(C)(C)C. The third kappa shape index (κ3) is 3.02. The van der Waals surface area contributed by atoms with Gasteiger partial charge in [0.25, 0.3) is 0 Å². The molecule has 0 saturated heterocycles. The molecule has 1 aromatic heterocycles. The zero-order valence-electron chi connectivity index (χ0n) is 13.7. The Hall–Kier alpha value is -1.39. The smallest absolute Gasteiger partial charge is 0.410 e. The molecular formula is C17H20Cl2N2O2. The van der Waals surface area contributed by atoms with Gasteiger partial charge in [-0.25, -0.2) is 4.79 Å². The number of rotatable bonds is 0. The minimum Gasteiger partial charge on any atom is -0.444 e. The molecule has 1 atom stereocenters. The van der Waals surface area contributed by atoms with Crippen molar-refractivity contribution in [3.8, 4) is 0 Å². The summed E-state index contributed by atoms with van der Waals surface area (Å²) in [5.41, 5.74) is 2.67. The van der Waals surface area contributed by atoms with E-state index in [0.717, 1.165) is 23.0 Å². The summed E-state index contributed by atoms with van der Waals surface area (Å²) >= 11 is 12.2. The van der Waals surface area contributed by atoms with Gasteiger partial charge in [-0.05, 0) is 51.8 Å². The Balaban J connectivity index is 1.97. The van der Waals surface area contributed by atoms with Gasteiger partial charge in [0.1, 0.15) is 5.60 Å². The molecule has 23 heavy (non-hydrogen) atoms. The number of carbonyl (C=O) groups excluding carboxylic acids is 1. The Morgan fingerprint density at radius 3 is 2.61 bits per heavy atom. The lowest BCUT2D eigenvalue weighted by atomic mass is 9.99. The number of nitrogens with one attached hydrogen (secondary N) is 1. The van der Waals surface area contributed by atoms with Crippen LogP contribution < -0.4 is 0 Å². The number of carbonyl (C=O) groups is 1. The van der Waals surface area contributed by atoms with Crippen molar-refractivity contribution < 1.29 is 9.53 Å². The fourth-order valence-electron chi connectivity index (χ4n) is 3.04. The first-order valence-electron chi connectivity index (χ1n) is 7.66. The molecule has 0 spiro atoms. The molecule has 1 amide bonds. The zero-order valence-corrected chi connectivity index (χ0v) is 15.2. The van der Waals surface area contributed by atoms with Gasteiger partial charge < -0.3 is 9.72 Å². The molecule has 4 nitrogen and oxygen atoms in total. The van der Waals surface area contributed by atoms with E-state index in [2.05, 4.69) is 4.98 Å². The van der Waals surface area contributed by atoms with E-state index in [9.17, 15) is 4.79 Å². The number of halogens is 2. The minimum atomic E-state index is -0.501. The van der Waals surface area contributed by atoms with E-state index in [0.29, 0.717) is 16.6 Å². The zero-order chi connectivity index (χ0) is 16.9. The summed E-state index contributed by atoms with van der Waals surface area (Å²) < 4.78 is 5.51. The average Bonchev–Trinajstić information content (AvgIpc) is 2.76. The normalized spacial score (nSPS) is 18.2. The van der Waals surface area contributed by atoms with E-state index < -0.39 is 5.60 Å². The predicted octanol–water partition coefficient (Wildman–Crippen LogP) is 5.33. The van der Waals surface area contributed by atoms with E-state index in [4.69, 9.17) is 27.9 Å². The number of aromatic amines is 1. The molecule has 2 heterocycles. The van der Waals surface area contributed by atoms with Gasteiger partial charge in [0.15, 0.2) is 0 Å². The standard InChI is InChI=1S/C17H20Cl2N2O2/c1-9-15-10(5-6-21(9)16(22)23-17(2,3)4)11-7-12(18)13(19)8-14(11)20-15/h7-9,20H,5-6H2,1-4H3. The van der Waals surface area contributed by atoms with Crippen LogP contribution in [0.15, 0.2) is 12.1 Å². The van der Waals surface area contributed by atoms with E-state index in [1.165, 1.54) is 5.56 Å². The van der Waals surface area contributed by atoms with Crippen LogP contribution >= 0.6 is 23.2 Å². The van der Waals surface area contributed by atoms with Crippen LogP contribution in [0.5, 0.6) is 0 Å². The molecule has 3 rings (SSSR count). The second kappa shape index (κ2) is 5.60. The molecule has 6 heteroatoms. The highest BCUT2D eigenvalue weighted by Gasteiger charge is 2.33. The molecule has 1 aromatic carbocycles. The van der Waals surface area contributed by atoms with E-state index in [1.807, 2.05) is 39.8 Å². The van der Waals surface area contributed by atoms with Crippen molar-refractivity contribution in [1.29, 1.82) is 0 Å². The monoisotopic (exact) mass is 354 g/mol. The van der Waals surface area contributed by atoms with Crippen LogP contribution in [0.25, 0.3) is 10.9 Å². The lowest BCUT2D eigenvalue weighted by Gasteiger charge is -2.35. The second-order valence-electron chi connectivity index (χ2n) is 6.93. The Morgan fingerprint density at radius 2 is 1.96 bits per heavy atom. The van der Waals surface area contributed by atoms with Crippen molar-refractivity contribution in [2.45, 2.75) is 45.8 Å². The van der Waals surface area contributed by atoms with Crippen molar-refractivity contribution in [3.05, 3.63) is 33.4 Å². The molecular weight excluding hydrogens is 335 g/mol. The highest BCUT2D eigenvalue weighted by Crippen LogP contribution is 2.37. The predicted molar refractivity (Wildman–Crippen MR) is 93.4 cm³/mol. The summed E-state index contributed by atoms with van der Waals surface area (Å²) in [4.78, 5) is 17.6. The van der Waals surface area contributed by atoms with Crippen molar-refractivity contribution in [2.24, 2.45) is 0 Å². The van der Waals surface area contributed by atoms with Crippen LogP contribution in [-0.4, -0.2) is 28.1 Å². The summed E-state index contributed by atoms with van der Waals surface area (Å²) in [7, 11) is 0. The van der Waals surface area contributed by atoms with Crippen LogP contribution in [0.3, 0.4) is 0 Å². The molecule has 0 aliphatic carbocycles. The number of hydrogen-bond acceptors (Lipinski definition) is 2. The van der Waals surface area contributed by atoms with Crippen molar-refractivity contribution >= 4 is 40.2 Å². The average molecular weight is 355 g/mol. The molecule has 124 valence electrons. The number of fused-ring (bicyclic) bond motifs is 3. The van der Waals surface area contributed by atoms with Crippen LogP contribution in [-0.2, 0) is 11.2 Å². The van der Waals surface area contributed by atoms with Gasteiger partial charge in [0, 0.05) is 23.1 Å². The van der Waals surface area contributed by atoms with Crippen LogP contribution in [0.2, 0.25) is 10.0 Å². The van der Waals surface area contributed by atoms with Crippen molar-refractivity contribution in [1.82, 2.24) is 9.88 Å². The number of H-pyrrole nitrogens is 1. The summed E-state index contributed by atoms with van der Waals surface area (Å²) in [6.45, 7) is 8.24. The fourth-order valence-corrected chi connectivity index (χ4v) is 3.37. The summed E-state index contributed by atoms with van der Waals surface area (Å²) in [5, 5.41) is 2.14. The summed E-state index contributed by atoms with van der Waals surface area (Å²) in [6, 6.07) is 3.64. The molecule has 0 saturated carbocycles. The van der Waals surface area contributed by atoms with E-state index in [-0.39, 0.29) is 12.1 Å². The van der Waals surface area contributed by atoms with Gasteiger partial charge in [-0.2, -0.15) is 0 Å². The molecule has 0 fully saturated rings. The van der Waals surface area contributed by atoms with Gasteiger partial charge in [-0.1, -0.05) is 23.2 Å². The lowest BCUT2D eigenvalue weighted by molar-refractivity contribution is 0.0156. The van der Waals surface area contributed by atoms with Crippen molar-refractivity contribution in [3.63, 3.8) is 0 Å². The largest absolute Gasteiger partial charge is 0.444 e. The molecule has 1 N–H and O–H groups in total. The van der Waals surface area contributed by atoms with Gasteiger partial charge in [-0.15, -0.1) is 0 Å². The maximum atomic E-state index is 12.4. The molecule has 1 unspecified atom stereocenters. The maximum Gasteiger partial charge on any atom is 0.410 e. The summed E-state index contributed by atoms with van der Waals surface area (Å²) in [6.07, 6.45) is 0.474. The van der Waals surface area contributed by atoms with Gasteiger partial charge in [0.2, 0.25) is 0 Å². The Kier molecular flexibility index (Phi) is 4.01. The highest BCUT2D eigenvalue weighted by atomic mass is 35.5. The van der Waals surface area contributed by atoms with Crippen LogP contribution in [0.1, 0.15) is 45.0 Å². The van der Waals surface area contributed by atoms with Crippen LogP contribution in [0, 0.1) is 0 Å². The molecule has 1 aliphatic heterocycles. The molecule has 0 bridgehead atoms. The number of ether oxygens (including phenoxy) is 1. The number of aromatic nitrogens is 1. The number of hydrogen-bond donors (Lipinski definition) is 1. The third-order valence-corrected chi connectivity index (χ3v) is 4.82. The van der Waals surface area contributed by atoms with E-state index in [1.54, 1.807) is 4.90 Å². The van der Waals surface area contributed by atoms with Crippen molar-refractivity contribution in [2.75, 3.05) is 6.54 Å². The second-order valence-corrected chi connectivity index (χ2v) is 7.74. The minimum absolute atomic E-state index is 0.0847. The molecule has 2 aromatic rings. The maximum absolute atomic E-state index is 12.4. The number of benzene rings is 1. The lowest BCUT2D eigenvalue weighted by Crippen LogP contribution is -2.42.